The Hall–Kier alpha value is -2.13. The number of hydrogen-bond acceptors (Lipinski definition) is 2. The lowest BCUT2D eigenvalue weighted by atomic mass is 10.1. The summed E-state index contributed by atoms with van der Waals surface area (Å²) < 4.78 is 7.66. The Morgan fingerprint density at radius 1 is 1.00 bits per heavy atom. The highest BCUT2D eigenvalue weighted by atomic mass is 32.2. The smallest absolute Gasteiger partial charge is 0.119 e. The fourth-order valence-electron chi connectivity index (χ4n) is 2.93. The molecule has 2 aromatic carbocycles. The number of hydrogen-bond donors (Lipinski definition) is 0. The first kappa shape index (κ1) is 15.8. The molecular formula is C20H21NOS. The number of nitrogens with zero attached hydrogens (tertiary/aromatic N) is 1. The van der Waals surface area contributed by atoms with Crippen LogP contribution in [0.2, 0.25) is 0 Å². The first-order valence-corrected chi connectivity index (χ1v) is 8.84. The van der Waals surface area contributed by atoms with Crippen LogP contribution in [-0.2, 0) is 0 Å². The molecule has 1 heterocycles. The van der Waals surface area contributed by atoms with Crippen molar-refractivity contribution in [2.75, 3.05) is 13.4 Å². The minimum atomic E-state index is 0.885. The van der Waals surface area contributed by atoms with Gasteiger partial charge in [-0.25, -0.2) is 0 Å². The molecule has 0 aliphatic heterocycles. The molecule has 2 nitrogen and oxygen atoms in total. The van der Waals surface area contributed by atoms with Crippen molar-refractivity contribution < 1.29 is 4.74 Å². The van der Waals surface area contributed by atoms with Crippen LogP contribution < -0.4 is 4.74 Å². The Kier molecular flexibility index (Phi) is 4.49. The summed E-state index contributed by atoms with van der Waals surface area (Å²) in [4.78, 5) is 1.31. The number of aryl methyl sites for hydroxylation is 1. The lowest BCUT2D eigenvalue weighted by molar-refractivity contribution is 0.415. The van der Waals surface area contributed by atoms with Gasteiger partial charge in [0.15, 0.2) is 0 Å². The summed E-state index contributed by atoms with van der Waals surface area (Å²) in [7, 11) is 1.71. The third-order valence-electron chi connectivity index (χ3n) is 4.15. The molecule has 3 rings (SSSR count). The maximum Gasteiger partial charge on any atom is 0.119 e. The molecule has 0 atom stereocenters. The fourth-order valence-corrected chi connectivity index (χ4v) is 3.71. The monoisotopic (exact) mass is 323 g/mol. The fraction of sp³-hybridized carbons (Fsp3) is 0.200. The van der Waals surface area contributed by atoms with E-state index >= 15 is 0 Å². The number of thioether (sulfide) groups is 1. The van der Waals surface area contributed by atoms with E-state index in [1.807, 2.05) is 12.1 Å². The van der Waals surface area contributed by atoms with E-state index in [1.54, 1.807) is 18.9 Å². The number of ether oxygens (including phenoxy) is 1. The topological polar surface area (TPSA) is 14.2 Å². The van der Waals surface area contributed by atoms with Crippen molar-refractivity contribution >= 4 is 11.8 Å². The molecule has 0 spiro atoms. The third kappa shape index (κ3) is 2.89. The highest BCUT2D eigenvalue weighted by Gasteiger charge is 2.15. The van der Waals surface area contributed by atoms with Crippen LogP contribution >= 0.6 is 11.8 Å². The van der Waals surface area contributed by atoms with Crippen LogP contribution in [0.4, 0.5) is 0 Å². The lowest BCUT2D eigenvalue weighted by Crippen LogP contribution is -1.97. The van der Waals surface area contributed by atoms with Crippen LogP contribution in [0.3, 0.4) is 0 Å². The van der Waals surface area contributed by atoms with Crippen LogP contribution in [0.1, 0.15) is 11.3 Å². The molecule has 0 saturated carbocycles. The Balaban J connectivity index is 2.19. The third-order valence-corrected chi connectivity index (χ3v) is 5.08. The van der Waals surface area contributed by atoms with E-state index in [2.05, 4.69) is 67.3 Å². The van der Waals surface area contributed by atoms with E-state index in [4.69, 9.17) is 4.74 Å². The number of aromatic nitrogens is 1. The Labute approximate surface area is 142 Å². The SMILES string of the molecule is COc1cccc(-c2cn(-c3ccccc3C)c(C)c2SC)c1. The molecule has 0 aliphatic carbocycles. The molecule has 3 aromatic rings. The minimum absolute atomic E-state index is 0.885. The van der Waals surface area contributed by atoms with E-state index in [9.17, 15) is 0 Å². The van der Waals surface area contributed by atoms with Gasteiger partial charge in [0.25, 0.3) is 0 Å². The van der Waals surface area contributed by atoms with Gasteiger partial charge < -0.3 is 9.30 Å². The van der Waals surface area contributed by atoms with Crippen LogP contribution in [0.15, 0.2) is 59.6 Å². The number of rotatable bonds is 4. The van der Waals surface area contributed by atoms with E-state index in [1.165, 1.54) is 33.0 Å². The summed E-state index contributed by atoms with van der Waals surface area (Å²) >= 11 is 1.79. The molecule has 118 valence electrons. The van der Waals surface area contributed by atoms with Gasteiger partial charge in [0, 0.05) is 28.0 Å². The van der Waals surface area contributed by atoms with E-state index in [0.717, 1.165) is 5.75 Å². The van der Waals surface area contributed by atoms with Crippen LogP contribution in [-0.4, -0.2) is 17.9 Å². The second kappa shape index (κ2) is 6.55. The maximum absolute atomic E-state index is 5.38. The molecule has 3 heteroatoms. The Morgan fingerprint density at radius 2 is 1.78 bits per heavy atom. The minimum Gasteiger partial charge on any atom is -0.497 e. The van der Waals surface area contributed by atoms with Crippen molar-refractivity contribution in [1.82, 2.24) is 4.57 Å². The zero-order chi connectivity index (χ0) is 16.4. The number of para-hydroxylation sites is 1. The van der Waals surface area contributed by atoms with Gasteiger partial charge in [-0.3, -0.25) is 0 Å². The highest BCUT2D eigenvalue weighted by molar-refractivity contribution is 7.98. The summed E-state index contributed by atoms with van der Waals surface area (Å²) in [5.74, 6) is 0.885. The van der Waals surface area contributed by atoms with Crippen LogP contribution in [0.5, 0.6) is 5.75 Å². The van der Waals surface area contributed by atoms with Gasteiger partial charge in [-0.05, 0) is 49.4 Å². The van der Waals surface area contributed by atoms with Crippen molar-refractivity contribution in [3.63, 3.8) is 0 Å². The summed E-state index contributed by atoms with van der Waals surface area (Å²) in [5, 5.41) is 0. The van der Waals surface area contributed by atoms with E-state index in [0.29, 0.717) is 0 Å². The summed E-state index contributed by atoms with van der Waals surface area (Å²) in [6.07, 6.45) is 4.37. The quantitative estimate of drug-likeness (QED) is 0.589. The van der Waals surface area contributed by atoms with Gasteiger partial charge in [-0.1, -0.05) is 30.3 Å². The molecule has 0 N–H and O–H groups in total. The van der Waals surface area contributed by atoms with Crippen molar-refractivity contribution in [1.29, 1.82) is 0 Å². The average Bonchev–Trinajstić information content (AvgIpc) is 2.92. The van der Waals surface area contributed by atoms with Gasteiger partial charge >= 0.3 is 0 Å². The Morgan fingerprint density at radius 3 is 2.48 bits per heavy atom. The Bertz CT molecular complexity index is 835. The molecule has 1 aromatic heterocycles. The van der Waals surface area contributed by atoms with Gasteiger partial charge in [0.05, 0.1) is 7.11 Å². The lowest BCUT2D eigenvalue weighted by Gasteiger charge is -2.09. The molecular weight excluding hydrogens is 302 g/mol. The van der Waals surface area contributed by atoms with Gasteiger partial charge in [-0.2, -0.15) is 0 Å². The predicted octanol–water partition coefficient (Wildman–Crippen LogP) is 5.49. The molecule has 0 bridgehead atoms. The number of benzene rings is 2. The van der Waals surface area contributed by atoms with Crippen molar-refractivity contribution in [2.45, 2.75) is 18.7 Å². The molecule has 0 amide bonds. The molecule has 0 fully saturated rings. The van der Waals surface area contributed by atoms with Crippen LogP contribution in [0, 0.1) is 13.8 Å². The second-order valence-corrected chi connectivity index (χ2v) is 6.37. The maximum atomic E-state index is 5.38. The first-order valence-electron chi connectivity index (χ1n) is 7.62. The molecule has 0 saturated heterocycles. The molecule has 0 aliphatic rings. The van der Waals surface area contributed by atoms with Gasteiger partial charge in [-0.15, -0.1) is 11.8 Å². The molecule has 23 heavy (non-hydrogen) atoms. The largest absolute Gasteiger partial charge is 0.497 e. The predicted molar refractivity (Wildman–Crippen MR) is 99.0 cm³/mol. The first-order chi connectivity index (χ1) is 11.2. The normalized spacial score (nSPS) is 10.8. The second-order valence-electron chi connectivity index (χ2n) is 5.55. The molecule has 0 unspecified atom stereocenters. The average molecular weight is 323 g/mol. The van der Waals surface area contributed by atoms with Crippen molar-refractivity contribution in [3.05, 3.63) is 66.0 Å². The van der Waals surface area contributed by atoms with E-state index in [-0.39, 0.29) is 0 Å². The van der Waals surface area contributed by atoms with Crippen molar-refractivity contribution in [2.24, 2.45) is 0 Å². The standard InChI is InChI=1S/C20H21NOS/c1-14-8-5-6-11-19(14)21-13-18(20(23-4)15(21)2)16-9-7-10-17(12-16)22-3/h5-13H,1-4H3. The van der Waals surface area contributed by atoms with Crippen molar-refractivity contribution in [3.8, 4) is 22.6 Å². The van der Waals surface area contributed by atoms with Gasteiger partial charge in [0.2, 0.25) is 0 Å². The highest BCUT2D eigenvalue weighted by Crippen LogP contribution is 2.37. The summed E-state index contributed by atoms with van der Waals surface area (Å²) in [6.45, 7) is 4.33. The zero-order valence-corrected chi connectivity index (χ0v) is 14.8. The van der Waals surface area contributed by atoms with Crippen LogP contribution in [0.25, 0.3) is 16.8 Å². The van der Waals surface area contributed by atoms with Gasteiger partial charge in [0.1, 0.15) is 5.75 Å². The van der Waals surface area contributed by atoms with E-state index < -0.39 is 0 Å². The molecule has 0 radical (unpaired) electrons. The number of methoxy groups -OCH3 is 1. The summed E-state index contributed by atoms with van der Waals surface area (Å²) in [6, 6.07) is 16.7. The zero-order valence-electron chi connectivity index (χ0n) is 14.0. The summed E-state index contributed by atoms with van der Waals surface area (Å²) in [5.41, 5.74) is 6.20.